The van der Waals surface area contributed by atoms with Gasteiger partial charge in [0.1, 0.15) is 6.29 Å². The summed E-state index contributed by atoms with van der Waals surface area (Å²) in [5, 5.41) is 0. The molecule has 0 amide bonds. The molecular weight excluding hydrogens is 559 g/mol. The quantitative estimate of drug-likeness (QED) is 0.233. The molecule has 6 heteroatoms. The van der Waals surface area contributed by atoms with Gasteiger partial charge in [-0.25, -0.2) is 0 Å². The van der Waals surface area contributed by atoms with Crippen LogP contribution in [0.15, 0.2) is 85.5 Å². The van der Waals surface area contributed by atoms with Crippen LogP contribution in [0.1, 0.15) is 24.0 Å². The van der Waals surface area contributed by atoms with E-state index in [0.717, 1.165) is 41.9 Å². The first kappa shape index (κ1) is 24.2. The number of aldehydes is 1. The first-order valence-corrected chi connectivity index (χ1v) is 9.90. The van der Waals surface area contributed by atoms with Gasteiger partial charge in [0.05, 0.1) is 22.8 Å². The van der Waals surface area contributed by atoms with Crippen molar-refractivity contribution in [1.29, 1.82) is 0 Å². The van der Waals surface area contributed by atoms with Crippen molar-refractivity contribution in [3.05, 3.63) is 96.6 Å². The minimum Gasteiger partial charge on any atom is -0.303 e. The second-order valence-electron chi connectivity index (χ2n) is 6.76. The molecule has 4 aromatic heterocycles. The van der Waals surface area contributed by atoms with Crippen LogP contribution in [0.5, 0.6) is 0 Å². The number of hydrogen-bond donors (Lipinski definition) is 0. The summed E-state index contributed by atoms with van der Waals surface area (Å²) in [6.07, 6.45) is 10.5. The van der Waals surface area contributed by atoms with Gasteiger partial charge in [-0.2, -0.15) is 0 Å². The predicted molar refractivity (Wildman–Crippen MR) is 119 cm³/mol. The van der Waals surface area contributed by atoms with Crippen LogP contribution in [0.3, 0.4) is 0 Å². The summed E-state index contributed by atoms with van der Waals surface area (Å²) in [7, 11) is 0. The molecule has 0 atom stereocenters. The maximum absolute atomic E-state index is 10.3. The van der Waals surface area contributed by atoms with Gasteiger partial charge in [0.25, 0.3) is 0 Å². The molecule has 0 saturated carbocycles. The summed E-state index contributed by atoms with van der Waals surface area (Å²) in [6.45, 7) is 2.05. The molecule has 0 spiro atoms. The number of aryl methyl sites for hydroxylation is 2. The van der Waals surface area contributed by atoms with Crippen molar-refractivity contribution >= 4 is 6.29 Å². The molecule has 0 aliphatic heterocycles. The van der Waals surface area contributed by atoms with E-state index in [2.05, 4.69) is 19.9 Å². The molecule has 0 aliphatic carbocycles. The van der Waals surface area contributed by atoms with Gasteiger partial charge in [0.2, 0.25) is 0 Å². The molecule has 1 radical (unpaired) electrons. The summed E-state index contributed by atoms with van der Waals surface area (Å²) in [5.74, 6) is 0. The van der Waals surface area contributed by atoms with Crippen molar-refractivity contribution in [3.8, 4) is 22.8 Å². The third kappa shape index (κ3) is 7.94. The van der Waals surface area contributed by atoms with E-state index >= 15 is 0 Å². The fraction of sp³-hybridized carbons (Fsp3) is 0.160. The topological polar surface area (TPSA) is 68.6 Å². The molecule has 0 aromatic carbocycles. The fourth-order valence-corrected chi connectivity index (χ4v) is 2.86. The minimum absolute atomic E-state index is 0. The van der Waals surface area contributed by atoms with Crippen molar-refractivity contribution in [3.63, 3.8) is 0 Å². The van der Waals surface area contributed by atoms with E-state index < -0.39 is 0 Å². The molecule has 5 nitrogen and oxygen atoms in total. The molecule has 31 heavy (non-hydrogen) atoms. The third-order valence-electron chi connectivity index (χ3n) is 4.38. The van der Waals surface area contributed by atoms with Crippen LogP contribution in [-0.4, -0.2) is 26.2 Å². The molecule has 4 rings (SSSR count). The van der Waals surface area contributed by atoms with Crippen LogP contribution in [0.25, 0.3) is 22.8 Å². The zero-order valence-corrected chi connectivity index (χ0v) is 20.1. The van der Waals surface area contributed by atoms with Crippen LogP contribution in [0.2, 0.25) is 0 Å². The van der Waals surface area contributed by atoms with Crippen LogP contribution in [0.4, 0.5) is 0 Å². The van der Waals surface area contributed by atoms with Gasteiger partial charge in [-0.1, -0.05) is 12.1 Å². The number of carbonyl (C=O) groups is 1. The SMILES string of the molecule is Cc1ccnc(-c2ccccn2)c1.O=CCCCc1ccnc(-c2ccccn2)c1.[Re]. The molecule has 4 aromatic rings. The summed E-state index contributed by atoms with van der Waals surface area (Å²) < 4.78 is 0. The Morgan fingerprint density at radius 1 is 0.710 bits per heavy atom. The maximum atomic E-state index is 10.3. The maximum Gasteiger partial charge on any atom is 0.120 e. The average molecular weight is 583 g/mol. The summed E-state index contributed by atoms with van der Waals surface area (Å²) in [5.41, 5.74) is 6.02. The number of rotatable bonds is 6. The normalized spacial score (nSPS) is 9.71. The Morgan fingerprint density at radius 2 is 1.29 bits per heavy atom. The molecule has 0 fully saturated rings. The first-order valence-electron chi connectivity index (χ1n) is 9.90. The van der Waals surface area contributed by atoms with Gasteiger partial charge in [-0.3, -0.25) is 19.9 Å². The first-order chi connectivity index (χ1) is 14.8. The number of carbonyl (C=O) groups excluding carboxylic acids is 1. The molecule has 0 saturated heterocycles. The minimum atomic E-state index is 0. The van der Waals surface area contributed by atoms with Crippen molar-refractivity contribution in [2.75, 3.05) is 0 Å². The van der Waals surface area contributed by atoms with Crippen LogP contribution < -0.4 is 0 Å². The Kier molecular flexibility index (Phi) is 10.4. The fourth-order valence-electron chi connectivity index (χ4n) is 2.86. The zero-order valence-electron chi connectivity index (χ0n) is 17.4. The van der Waals surface area contributed by atoms with Crippen LogP contribution >= 0.6 is 0 Å². The Bertz CT molecular complexity index is 1060. The molecular formula is C25H24N4ORe. The van der Waals surface area contributed by atoms with E-state index in [1.54, 1.807) is 24.8 Å². The number of aromatic nitrogens is 4. The zero-order chi connectivity index (χ0) is 21.0. The Morgan fingerprint density at radius 3 is 1.84 bits per heavy atom. The van der Waals surface area contributed by atoms with Crippen molar-refractivity contribution in [2.45, 2.75) is 26.2 Å². The van der Waals surface area contributed by atoms with E-state index in [1.807, 2.05) is 67.6 Å². The monoisotopic (exact) mass is 583 g/mol. The third-order valence-corrected chi connectivity index (χ3v) is 4.38. The van der Waals surface area contributed by atoms with Crippen molar-refractivity contribution < 1.29 is 25.2 Å². The van der Waals surface area contributed by atoms with Gasteiger partial charge in [-0.05, 0) is 79.4 Å². The molecule has 0 bridgehead atoms. The van der Waals surface area contributed by atoms with Crippen molar-refractivity contribution in [2.24, 2.45) is 0 Å². The van der Waals surface area contributed by atoms with Gasteiger partial charge in [0.15, 0.2) is 0 Å². The predicted octanol–water partition coefficient (Wildman–Crippen LogP) is 5.11. The van der Waals surface area contributed by atoms with Gasteiger partial charge < -0.3 is 4.79 Å². The number of pyridine rings is 4. The van der Waals surface area contributed by atoms with E-state index in [4.69, 9.17) is 0 Å². The molecule has 4 heterocycles. The molecule has 0 aliphatic rings. The van der Waals surface area contributed by atoms with Crippen LogP contribution in [-0.2, 0) is 31.6 Å². The molecule has 0 unspecified atom stereocenters. The standard InChI is InChI=1S/C14H14N2O.C11H10N2.Re/c17-10-4-2-5-12-7-9-16-14(11-12)13-6-1-3-8-15-13;1-9-5-7-13-11(8-9)10-4-2-3-6-12-10;/h1,3,6-11H,2,4-5H2;2-8H,1H3;. The average Bonchev–Trinajstić information content (AvgIpc) is 2.81. The summed E-state index contributed by atoms with van der Waals surface area (Å²) in [6, 6.07) is 19.6. The summed E-state index contributed by atoms with van der Waals surface area (Å²) in [4.78, 5) is 27.3. The molecule has 0 N–H and O–H groups in total. The number of nitrogens with zero attached hydrogens (tertiary/aromatic N) is 4. The smallest absolute Gasteiger partial charge is 0.120 e. The second-order valence-corrected chi connectivity index (χ2v) is 6.76. The molecule has 157 valence electrons. The summed E-state index contributed by atoms with van der Waals surface area (Å²) >= 11 is 0. The number of unbranched alkanes of at least 4 members (excludes halogenated alkanes) is 1. The largest absolute Gasteiger partial charge is 0.303 e. The van der Waals surface area contributed by atoms with E-state index in [0.29, 0.717) is 6.42 Å². The Hall–Kier alpha value is -3.07. The van der Waals surface area contributed by atoms with Gasteiger partial charge in [0, 0.05) is 51.6 Å². The van der Waals surface area contributed by atoms with Crippen molar-refractivity contribution in [1.82, 2.24) is 19.9 Å². The number of hydrogen-bond acceptors (Lipinski definition) is 5. The van der Waals surface area contributed by atoms with E-state index in [1.165, 1.54) is 11.1 Å². The second kappa shape index (κ2) is 13.3. The van der Waals surface area contributed by atoms with Crippen LogP contribution in [0, 0.1) is 6.92 Å². The van der Waals surface area contributed by atoms with Gasteiger partial charge in [-0.15, -0.1) is 0 Å². The Balaban J connectivity index is 0.000000220. The van der Waals surface area contributed by atoms with Gasteiger partial charge >= 0.3 is 0 Å². The van der Waals surface area contributed by atoms with E-state index in [9.17, 15) is 4.79 Å². The Labute approximate surface area is 196 Å². The van der Waals surface area contributed by atoms with E-state index in [-0.39, 0.29) is 20.4 Å².